The minimum absolute atomic E-state index is 0.250. The lowest BCUT2D eigenvalue weighted by Gasteiger charge is -2.21. The number of carbonyl (C=O) groups is 6. The number of aromatic hydroxyl groups is 14. The second kappa shape index (κ2) is 17.5. The third kappa shape index (κ3) is 8.66. The molecule has 0 aliphatic carbocycles. The smallest absolute Gasteiger partial charge is 0.344 e. The molecule has 0 unspecified atom stereocenters. The first kappa shape index (κ1) is 46.8. The molecule has 0 aliphatic rings. The van der Waals surface area contributed by atoms with E-state index in [9.17, 15) is 110 Å². The van der Waals surface area contributed by atoms with Crippen molar-refractivity contribution >= 4 is 35.8 Å². The first-order valence-electron chi connectivity index (χ1n) is 18.0. The molecule has 350 valence electrons. The number of carbonyl (C=O) groups excluding carboxylic acids is 4. The number of hydrogen-bond acceptors (Lipinski definition) is 24. The molecule has 0 atom stereocenters. The highest BCUT2D eigenvalue weighted by molar-refractivity contribution is 6.09. The zero-order valence-corrected chi connectivity index (χ0v) is 33.0. The van der Waals surface area contributed by atoms with Crippen LogP contribution in [0.5, 0.6) is 103 Å². The zero-order chi connectivity index (χ0) is 50.4. The van der Waals surface area contributed by atoms with Crippen molar-refractivity contribution in [2.24, 2.45) is 0 Å². The van der Waals surface area contributed by atoms with Gasteiger partial charge in [-0.3, -0.25) is 0 Å². The maximum absolute atomic E-state index is 13.5. The fourth-order valence-corrected chi connectivity index (χ4v) is 5.95. The van der Waals surface area contributed by atoms with Crippen LogP contribution in [-0.4, -0.2) is 118 Å². The Morgan fingerprint density at radius 2 is 0.500 bits per heavy atom. The molecule has 16 N–H and O–H groups in total. The molecule has 6 aromatic rings. The van der Waals surface area contributed by atoms with E-state index in [0.717, 1.165) is 0 Å². The average molecular weight is 947 g/mol. The van der Waals surface area contributed by atoms with Gasteiger partial charge >= 0.3 is 35.8 Å². The number of hydrogen-bond donors (Lipinski definition) is 16. The number of carboxylic acid groups (broad SMARTS) is 2. The molecule has 0 bridgehead atoms. The van der Waals surface area contributed by atoms with Crippen LogP contribution < -0.4 is 18.9 Å². The van der Waals surface area contributed by atoms with Gasteiger partial charge in [0.25, 0.3) is 0 Å². The summed E-state index contributed by atoms with van der Waals surface area (Å²) >= 11 is 0. The average Bonchev–Trinajstić information content (AvgIpc) is 3.26. The second-order valence-corrected chi connectivity index (χ2v) is 13.6. The van der Waals surface area contributed by atoms with Crippen molar-refractivity contribution in [3.05, 3.63) is 94.0 Å². The van der Waals surface area contributed by atoms with E-state index >= 15 is 0 Å². The Balaban J connectivity index is 1.65. The van der Waals surface area contributed by atoms with Gasteiger partial charge in [-0.15, -0.1) is 0 Å². The van der Waals surface area contributed by atoms with E-state index in [1.807, 2.05) is 0 Å². The van der Waals surface area contributed by atoms with Gasteiger partial charge in [0.2, 0.25) is 11.5 Å². The van der Waals surface area contributed by atoms with Crippen LogP contribution in [0.25, 0.3) is 11.1 Å². The lowest BCUT2D eigenvalue weighted by molar-refractivity contribution is 0.0666. The van der Waals surface area contributed by atoms with Crippen molar-refractivity contribution in [3.8, 4) is 115 Å². The van der Waals surface area contributed by atoms with Gasteiger partial charge in [-0.1, -0.05) is 0 Å². The van der Waals surface area contributed by atoms with Crippen molar-refractivity contribution in [2.45, 2.75) is 0 Å². The molecular weight excluding hydrogens is 920 g/mol. The molecule has 6 rings (SSSR count). The predicted octanol–water partition coefficient (Wildman–Crippen LogP) is 3.51. The van der Waals surface area contributed by atoms with Gasteiger partial charge in [0.05, 0.1) is 33.4 Å². The summed E-state index contributed by atoms with van der Waals surface area (Å²) in [6.45, 7) is 0. The summed E-state index contributed by atoms with van der Waals surface area (Å²) in [6, 6.07) is 4.49. The molecule has 0 fully saturated rings. The van der Waals surface area contributed by atoms with Crippen LogP contribution in [-0.2, 0) is 0 Å². The number of phenolic OH excluding ortho intramolecular Hbond substituents is 14. The largest absolute Gasteiger partial charge is 0.504 e. The Labute approximate surface area is 373 Å². The lowest BCUT2D eigenvalue weighted by Crippen LogP contribution is -2.16. The van der Waals surface area contributed by atoms with Crippen LogP contribution in [0.15, 0.2) is 60.7 Å². The molecular formula is C42H26O26. The van der Waals surface area contributed by atoms with Gasteiger partial charge in [0.15, 0.2) is 92.0 Å². The normalized spacial score (nSPS) is 10.8. The molecule has 0 saturated heterocycles. The van der Waals surface area contributed by atoms with Crippen molar-refractivity contribution in [1.82, 2.24) is 0 Å². The SMILES string of the molecule is O=C(Oc1cc(C(=O)O)c(-c2c(C(=O)O)cc(OC(=O)c3cc(O)c(O)c(O)c3)c(OC(=O)c3cc(O)c(O)c(O)c3)c2O)c(O)c1OC(=O)c1cc(O)c(O)c(O)c1)c1cc(O)c(O)c(O)c1. The minimum atomic E-state index is -2.20. The van der Waals surface area contributed by atoms with Crippen molar-refractivity contribution < 1.29 is 129 Å². The van der Waals surface area contributed by atoms with Crippen LogP contribution in [0.2, 0.25) is 0 Å². The van der Waals surface area contributed by atoms with Gasteiger partial charge in [-0.05, 0) is 48.5 Å². The molecule has 0 aromatic heterocycles. The van der Waals surface area contributed by atoms with E-state index in [-0.39, 0.29) is 12.1 Å². The third-order valence-electron chi connectivity index (χ3n) is 9.17. The summed E-state index contributed by atoms with van der Waals surface area (Å²) in [6.07, 6.45) is 0. The highest BCUT2D eigenvalue weighted by atomic mass is 16.6. The van der Waals surface area contributed by atoms with E-state index in [0.29, 0.717) is 48.5 Å². The van der Waals surface area contributed by atoms with E-state index in [4.69, 9.17) is 18.9 Å². The summed E-state index contributed by atoms with van der Waals surface area (Å²) in [7, 11) is 0. The van der Waals surface area contributed by atoms with Crippen LogP contribution in [0.3, 0.4) is 0 Å². The summed E-state index contributed by atoms with van der Waals surface area (Å²) in [5.74, 6) is -34.0. The number of carboxylic acids is 2. The fraction of sp³-hybridized carbons (Fsp3) is 0. The van der Waals surface area contributed by atoms with Gasteiger partial charge in [0.1, 0.15) is 0 Å². The summed E-state index contributed by atoms with van der Waals surface area (Å²) in [5.41, 5.74) is -9.05. The van der Waals surface area contributed by atoms with E-state index in [1.54, 1.807) is 0 Å². The molecule has 0 heterocycles. The van der Waals surface area contributed by atoms with Crippen LogP contribution in [0.4, 0.5) is 0 Å². The molecule has 0 aliphatic heterocycles. The highest BCUT2D eigenvalue weighted by Crippen LogP contribution is 2.55. The lowest BCUT2D eigenvalue weighted by atomic mass is 9.91. The number of rotatable bonds is 11. The maximum Gasteiger partial charge on any atom is 0.344 e. The van der Waals surface area contributed by atoms with Crippen LogP contribution >= 0.6 is 0 Å². The van der Waals surface area contributed by atoms with Crippen molar-refractivity contribution in [3.63, 3.8) is 0 Å². The van der Waals surface area contributed by atoms with E-state index in [2.05, 4.69) is 0 Å². The van der Waals surface area contributed by atoms with Gasteiger partial charge < -0.3 is 101 Å². The molecule has 0 spiro atoms. The molecule has 26 heteroatoms. The summed E-state index contributed by atoms with van der Waals surface area (Å²) < 4.78 is 20.6. The Morgan fingerprint density at radius 3 is 0.706 bits per heavy atom. The Hall–Kier alpha value is -10.7. The minimum Gasteiger partial charge on any atom is -0.504 e. The van der Waals surface area contributed by atoms with Crippen molar-refractivity contribution in [1.29, 1.82) is 0 Å². The van der Waals surface area contributed by atoms with Gasteiger partial charge in [-0.2, -0.15) is 0 Å². The first-order chi connectivity index (χ1) is 31.8. The fourth-order valence-electron chi connectivity index (χ4n) is 5.95. The molecule has 68 heavy (non-hydrogen) atoms. The quantitative estimate of drug-likeness (QED) is 0.0502. The molecule has 0 amide bonds. The molecule has 0 saturated carbocycles. The highest BCUT2D eigenvalue weighted by Gasteiger charge is 2.36. The Bertz CT molecular complexity index is 2900. The Kier molecular flexibility index (Phi) is 12.0. The standard InChI is InChI=1S/C42H26O26/c43-17-1-11(2-18(44)29(17)51)39(61)65-25-9-15(37(57)58)27(33(55)35(25)67-41(63)13-5-21(47)31(53)22(48)6-13)28-16(38(59)60)10-26(66-40(62)12-3-19(45)30(52)20(46)4-12)36(34(28)56)68-42(64)14-7-23(49)32(54)24(50)8-14/h1-10,43-56H,(H,57,58)(H,59,60). The summed E-state index contributed by atoms with van der Waals surface area (Å²) in [5, 5.41) is 164. The zero-order valence-electron chi connectivity index (χ0n) is 33.0. The molecule has 0 radical (unpaired) electrons. The van der Waals surface area contributed by atoms with Crippen LogP contribution in [0.1, 0.15) is 62.1 Å². The Morgan fingerprint density at radius 1 is 0.294 bits per heavy atom. The third-order valence-corrected chi connectivity index (χ3v) is 9.17. The van der Waals surface area contributed by atoms with E-state index < -0.39 is 184 Å². The van der Waals surface area contributed by atoms with Crippen LogP contribution in [0, 0.1) is 0 Å². The molecule has 6 aromatic carbocycles. The topological polar surface area (TPSA) is 463 Å². The summed E-state index contributed by atoms with van der Waals surface area (Å²) in [4.78, 5) is 79.6. The number of aromatic carboxylic acids is 2. The number of ether oxygens (including phenoxy) is 4. The van der Waals surface area contributed by atoms with Gasteiger partial charge in [0, 0.05) is 23.3 Å². The molecule has 26 nitrogen and oxygen atoms in total. The monoisotopic (exact) mass is 946 g/mol. The van der Waals surface area contributed by atoms with Gasteiger partial charge in [-0.25, -0.2) is 28.8 Å². The van der Waals surface area contributed by atoms with E-state index in [1.165, 1.54) is 0 Å². The number of benzene rings is 6. The second-order valence-electron chi connectivity index (χ2n) is 13.6. The maximum atomic E-state index is 13.5. The first-order valence-corrected chi connectivity index (χ1v) is 18.0. The number of esters is 4. The number of phenols is 14. The van der Waals surface area contributed by atoms with Crippen molar-refractivity contribution in [2.75, 3.05) is 0 Å². The predicted molar refractivity (Wildman–Crippen MR) is 215 cm³/mol.